The maximum Gasteiger partial charge on any atom is 0.341 e. The minimum absolute atomic E-state index is 0.245. The molecule has 0 saturated carbocycles. The zero-order valence-corrected chi connectivity index (χ0v) is 12.4. The molecule has 2 N–H and O–H groups in total. The molecule has 0 spiro atoms. The lowest BCUT2D eigenvalue weighted by molar-refractivity contribution is 0.0693. The van der Waals surface area contributed by atoms with E-state index in [9.17, 15) is 14.7 Å². The van der Waals surface area contributed by atoms with Crippen molar-refractivity contribution >= 4 is 16.7 Å². The van der Waals surface area contributed by atoms with Gasteiger partial charge in [-0.25, -0.2) is 4.79 Å². The Labute approximate surface area is 132 Å². The Bertz CT molecular complexity index is 953. The zero-order valence-electron chi connectivity index (χ0n) is 12.4. The van der Waals surface area contributed by atoms with Gasteiger partial charge < -0.3 is 14.8 Å². The van der Waals surface area contributed by atoms with E-state index in [2.05, 4.69) is 0 Å². The van der Waals surface area contributed by atoms with Gasteiger partial charge in [-0.3, -0.25) is 4.79 Å². The highest BCUT2D eigenvalue weighted by molar-refractivity contribution is 5.88. The molecule has 2 aromatic carbocycles. The highest BCUT2D eigenvalue weighted by atomic mass is 16.4. The Hall–Kier alpha value is -3.08. The van der Waals surface area contributed by atoms with Crippen molar-refractivity contribution in [2.75, 3.05) is 0 Å². The number of rotatable bonds is 3. The number of aromatic hydroxyl groups is 1. The predicted octanol–water partition coefficient (Wildman–Crippen LogP) is 3.01. The number of hydrogen-bond donors (Lipinski definition) is 2. The van der Waals surface area contributed by atoms with E-state index < -0.39 is 22.7 Å². The first-order valence-electron chi connectivity index (χ1n) is 7.14. The van der Waals surface area contributed by atoms with Crippen molar-refractivity contribution in [2.24, 2.45) is 0 Å². The first-order chi connectivity index (χ1) is 11.0. The summed E-state index contributed by atoms with van der Waals surface area (Å²) in [6.07, 6.45) is 2.53. The van der Waals surface area contributed by atoms with Crippen LogP contribution < -0.4 is 5.43 Å². The van der Waals surface area contributed by atoms with Crippen molar-refractivity contribution < 1.29 is 15.0 Å². The summed E-state index contributed by atoms with van der Waals surface area (Å²) in [6, 6.07) is 13.5. The van der Waals surface area contributed by atoms with Crippen LogP contribution in [0.2, 0.25) is 0 Å². The van der Waals surface area contributed by atoms with Crippen LogP contribution >= 0.6 is 0 Å². The second-order valence-corrected chi connectivity index (χ2v) is 5.38. The third-order valence-corrected chi connectivity index (χ3v) is 3.98. The van der Waals surface area contributed by atoms with Crippen molar-refractivity contribution in [1.82, 2.24) is 4.57 Å². The largest absolute Gasteiger partial charge is 0.503 e. The molecular formula is C18H15NO4. The number of benzene rings is 2. The van der Waals surface area contributed by atoms with E-state index in [0.29, 0.717) is 0 Å². The molecule has 3 rings (SSSR count). The van der Waals surface area contributed by atoms with Crippen LogP contribution in [0.5, 0.6) is 5.75 Å². The molecule has 0 fully saturated rings. The molecule has 116 valence electrons. The maximum atomic E-state index is 11.7. The molecule has 0 radical (unpaired) electrons. The molecule has 0 aliphatic heterocycles. The quantitative estimate of drug-likeness (QED) is 0.779. The van der Waals surface area contributed by atoms with Crippen LogP contribution in [-0.4, -0.2) is 20.7 Å². The SMILES string of the molecule is CC(c1cccc2ccccc12)n1cc(O)c(=O)c(C(=O)O)c1. The molecule has 1 unspecified atom stereocenters. The van der Waals surface area contributed by atoms with Gasteiger partial charge >= 0.3 is 5.97 Å². The van der Waals surface area contributed by atoms with Crippen molar-refractivity contribution in [2.45, 2.75) is 13.0 Å². The molecule has 0 aliphatic rings. The molecule has 0 saturated heterocycles. The normalized spacial score (nSPS) is 12.2. The second kappa shape index (κ2) is 5.61. The number of hydrogen-bond acceptors (Lipinski definition) is 3. The summed E-state index contributed by atoms with van der Waals surface area (Å²) in [5, 5.41) is 21.0. The fourth-order valence-corrected chi connectivity index (χ4v) is 2.73. The smallest absolute Gasteiger partial charge is 0.341 e. The van der Waals surface area contributed by atoms with E-state index in [1.807, 2.05) is 49.4 Å². The van der Waals surface area contributed by atoms with Crippen molar-refractivity contribution in [3.63, 3.8) is 0 Å². The molecule has 1 aromatic heterocycles. The van der Waals surface area contributed by atoms with Gasteiger partial charge in [-0.05, 0) is 23.3 Å². The zero-order chi connectivity index (χ0) is 16.6. The van der Waals surface area contributed by atoms with Gasteiger partial charge in [0, 0.05) is 6.20 Å². The summed E-state index contributed by atoms with van der Waals surface area (Å²) < 4.78 is 1.54. The first-order valence-corrected chi connectivity index (χ1v) is 7.14. The molecule has 0 bridgehead atoms. The number of carboxylic acids is 1. The van der Waals surface area contributed by atoms with Gasteiger partial charge in [0.15, 0.2) is 5.75 Å². The fraction of sp³-hybridized carbons (Fsp3) is 0.111. The Morgan fingerprint density at radius 2 is 1.78 bits per heavy atom. The third kappa shape index (κ3) is 2.57. The number of carbonyl (C=O) groups is 1. The molecule has 0 amide bonds. The molecule has 3 aromatic rings. The lowest BCUT2D eigenvalue weighted by Crippen LogP contribution is -2.19. The lowest BCUT2D eigenvalue weighted by Gasteiger charge is -2.19. The fourth-order valence-electron chi connectivity index (χ4n) is 2.73. The minimum Gasteiger partial charge on any atom is -0.503 e. The summed E-state index contributed by atoms with van der Waals surface area (Å²) in [5.74, 6) is -1.93. The average Bonchev–Trinajstić information content (AvgIpc) is 2.55. The van der Waals surface area contributed by atoms with E-state index >= 15 is 0 Å². The molecule has 1 atom stereocenters. The molecule has 0 aliphatic carbocycles. The molecule has 5 heteroatoms. The maximum absolute atomic E-state index is 11.7. The number of pyridine rings is 1. The number of aromatic nitrogens is 1. The van der Waals surface area contributed by atoms with E-state index in [1.165, 1.54) is 12.4 Å². The van der Waals surface area contributed by atoms with E-state index in [0.717, 1.165) is 16.3 Å². The Morgan fingerprint density at radius 1 is 1.09 bits per heavy atom. The minimum atomic E-state index is -1.36. The Morgan fingerprint density at radius 3 is 2.52 bits per heavy atom. The van der Waals surface area contributed by atoms with Gasteiger partial charge in [-0.1, -0.05) is 42.5 Å². The van der Waals surface area contributed by atoms with E-state index in [-0.39, 0.29) is 6.04 Å². The van der Waals surface area contributed by atoms with E-state index in [1.54, 1.807) is 4.57 Å². The van der Waals surface area contributed by atoms with Gasteiger partial charge in [0.2, 0.25) is 5.43 Å². The lowest BCUT2D eigenvalue weighted by atomic mass is 9.99. The van der Waals surface area contributed by atoms with Crippen molar-refractivity contribution in [3.8, 4) is 5.75 Å². The summed E-state index contributed by atoms with van der Waals surface area (Å²) in [6.45, 7) is 1.89. The molecule has 5 nitrogen and oxygen atoms in total. The van der Waals surface area contributed by atoms with Crippen LogP contribution in [-0.2, 0) is 0 Å². The Balaban J connectivity index is 2.18. The van der Waals surface area contributed by atoms with Crippen molar-refractivity contribution in [1.29, 1.82) is 0 Å². The van der Waals surface area contributed by atoms with Crippen LogP contribution in [0.15, 0.2) is 59.7 Å². The van der Waals surface area contributed by atoms with Gasteiger partial charge in [0.25, 0.3) is 0 Å². The predicted molar refractivity (Wildman–Crippen MR) is 87.1 cm³/mol. The van der Waals surface area contributed by atoms with Gasteiger partial charge in [0.05, 0.1) is 12.2 Å². The highest BCUT2D eigenvalue weighted by Crippen LogP contribution is 2.27. The van der Waals surface area contributed by atoms with Crippen LogP contribution in [0.3, 0.4) is 0 Å². The van der Waals surface area contributed by atoms with Crippen LogP contribution in [0, 0.1) is 0 Å². The number of nitrogens with zero attached hydrogens (tertiary/aromatic N) is 1. The van der Waals surface area contributed by atoms with Crippen LogP contribution in [0.4, 0.5) is 0 Å². The van der Waals surface area contributed by atoms with E-state index in [4.69, 9.17) is 5.11 Å². The number of carboxylic acid groups (broad SMARTS) is 1. The summed E-state index contributed by atoms with van der Waals surface area (Å²) in [7, 11) is 0. The average molecular weight is 309 g/mol. The number of fused-ring (bicyclic) bond motifs is 1. The van der Waals surface area contributed by atoms with Crippen LogP contribution in [0.25, 0.3) is 10.8 Å². The summed E-state index contributed by atoms with van der Waals surface area (Å²) in [5.41, 5.74) is -0.349. The van der Waals surface area contributed by atoms with Crippen LogP contribution in [0.1, 0.15) is 28.9 Å². The standard InChI is InChI=1S/C18H15NO4/c1-11(13-8-4-6-12-5-2-3-7-14(12)13)19-9-15(18(22)23)17(21)16(20)10-19/h2-11,20H,1H3,(H,22,23). The molecule has 23 heavy (non-hydrogen) atoms. The first kappa shape index (κ1) is 14.8. The number of aromatic carboxylic acids is 1. The highest BCUT2D eigenvalue weighted by Gasteiger charge is 2.17. The van der Waals surface area contributed by atoms with Gasteiger partial charge in [0.1, 0.15) is 5.56 Å². The molecular weight excluding hydrogens is 294 g/mol. The van der Waals surface area contributed by atoms with Gasteiger partial charge in [-0.2, -0.15) is 0 Å². The second-order valence-electron chi connectivity index (χ2n) is 5.38. The third-order valence-electron chi connectivity index (χ3n) is 3.98. The topological polar surface area (TPSA) is 79.5 Å². The molecule has 1 heterocycles. The summed E-state index contributed by atoms with van der Waals surface area (Å²) in [4.78, 5) is 22.9. The summed E-state index contributed by atoms with van der Waals surface area (Å²) >= 11 is 0. The Kier molecular flexibility index (Phi) is 3.62. The monoisotopic (exact) mass is 309 g/mol. The van der Waals surface area contributed by atoms with Gasteiger partial charge in [-0.15, -0.1) is 0 Å². The van der Waals surface area contributed by atoms with Crippen molar-refractivity contribution in [3.05, 3.63) is 76.2 Å².